The molecule has 2 heterocycles. The van der Waals surface area contributed by atoms with Crippen LogP contribution in [0.2, 0.25) is 0 Å². The van der Waals surface area contributed by atoms with Crippen molar-refractivity contribution >= 4 is 5.82 Å². The van der Waals surface area contributed by atoms with Crippen LogP contribution in [0.3, 0.4) is 0 Å². The molecule has 18 heavy (non-hydrogen) atoms. The van der Waals surface area contributed by atoms with Crippen molar-refractivity contribution in [2.75, 3.05) is 18.9 Å². The highest BCUT2D eigenvalue weighted by atomic mass is 19.1. The molecule has 1 aliphatic rings. The van der Waals surface area contributed by atoms with Gasteiger partial charge >= 0.3 is 0 Å². The van der Waals surface area contributed by atoms with E-state index in [1.807, 2.05) is 0 Å². The van der Waals surface area contributed by atoms with Crippen molar-refractivity contribution < 1.29 is 19.0 Å². The monoisotopic (exact) mass is 251 g/mol. The Balaban J connectivity index is 2.30. The number of nitrogens with one attached hydrogen (secondary N) is 1. The fraction of sp³-hybridized carbons (Fsp3) is 0.182. The van der Waals surface area contributed by atoms with Gasteiger partial charge in [-0.25, -0.2) is 4.39 Å². The standard InChI is InChI=1S/C11H10FN3O3/c12-6-3-7-10(18-2-1-17-7)8(9(6)16)5-4-14-15-11(5)13/h3-4,16H,1-2H2,(H3,13,14,15). The van der Waals surface area contributed by atoms with E-state index in [4.69, 9.17) is 15.2 Å². The average Bonchev–Trinajstić information content (AvgIpc) is 2.77. The van der Waals surface area contributed by atoms with E-state index in [0.717, 1.165) is 6.07 Å². The summed E-state index contributed by atoms with van der Waals surface area (Å²) in [6.45, 7) is 0.653. The number of aromatic hydroxyl groups is 1. The molecule has 0 saturated carbocycles. The van der Waals surface area contributed by atoms with Crippen LogP contribution in [0.4, 0.5) is 10.2 Å². The van der Waals surface area contributed by atoms with Crippen molar-refractivity contribution in [1.29, 1.82) is 0 Å². The Morgan fingerprint density at radius 3 is 2.89 bits per heavy atom. The molecular formula is C11H10FN3O3. The van der Waals surface area contributed by atoms with Crippen LogP contribution in [0.25, 0.3) is 11.1 Å². The lowest BCUT2D eigenvalue weighted by Gasteiger charge is -2.21. The van der Waals surface area contributed by atoms with E-state index in [2.05, 4.69) is 10.2 Å². The Kier molecular flexibility index (Phi) is 2.26. The Labute approximate surface area is 101 Å². The van der Waals surface area contributed by atoms with Gasteiger partial charge in [0.1, 0.15) is 19.0 Å². The highest BCUT2D eigenvalue weighted by Crippen LogP contribution is 2.47. The summed E-state index contributed by atoms with van der Waals surface area (Å²) in [6, 6.07) is 1.09. The lowest BCUT2D eigenvalue weighted by molar-refractivity contribution is 0.170. The summed E-state index contributed by atoms with van der Waals surface area (Å²) >= 11 is 0. The zero-order chi connectivity index (χ0) is 12.7. The van der Waals surface area contributed by atoms with Crippen LogP contribution in [0.5, 0.6) is 17.2 Å². The van der Waals surface area contributed by atoms with Gasteiger partial charge in [-0.2, -0.15) is 5.10 Å². The summed E-state index contributed by atoms with van der Waals surface area (Å²) in [5.74, 6) is -0.602. The van der Waals surface area contributed by atoms with Crippen LogP contribution in [0.15, 0.2) is 12.3 Å². The number of nitrogens with two attached hydrogens (primary N) is 1. The Hall–Kier alpha value is -2.44. The maximum Gasteiger partial charge on any atom is 0.173 e. The minimum atomic E-state index is -0.796. The quantitative estimate of drug-likeness (QED) is 0.709. The Morgan fingerprint density at radius 2 is 2.17 bits per heavy atom. The molecule has 0 amide bonds. The molecule has 0 saturated heterocycles. The molecule has 0 atom stereocenters. The number of hydrogen-bond acceptors (Lipinski definition) is 5. The molecule has 6 nitrogen and oxygen atoms in total. The zero-order valence-electron chi connectivity index (χ0n) is 9.24. The van der Waals surface area contributed by atoms with Gasteiger partial charge in [-0.15, -0.1) is 0 Å². The van der Waals surface area contributed by atoms with Crippen molar-refractivity contribution in [3.05, 3.63) is 18.1 Å². The summed E-state index contributed by atoms with van der Waals surface area (Å²) < 4.78 is 24.3. The fourth-order valence-electron chi connectivity index (χ4n) is 1.89. The number of aromatic nitrogens is 2. The number of phenols is 1. The first kappa shape index (κ1) is 10.7. The maximum absolute atomic E-state index is 13.6. The molecule has 0 radical (unpaired) electrons. The number of nitrogens with zero attached hydrogens (tertiary/aromatic N) is 1. The number of phenolic OH excluding ortho intramolecular Hbond substituents is 1. The third-order valence-electron chi connectivity index (χ3n) is 2.70. The summed E-state index contributed by atoms with van der Waals surface area (Å²) in [4.78, 5) is 0. The molecule has 0 unspecified atom stereocenters. The third kappa shape index (κ3) is 1.44. The smallest absolute Gasteiger partial charge is 0.173 e. The molecule has 1 aromatic heterocycles. The fourth-order valence-corrected chi connectivity index (χ4v) is 1.89. The molecule has 4 N–H and O–H groups in total. The minimum absolute atomic E-state index is 0.149. The largest absolute Gasteiger partial charge is 0.504 e. The molecule has 7 heteroatoms. The van der Waals surface area contributed by atoms with Gasteiger partial charge in [0.2, 0.25) is 0 Å². The van der Waals surface area contributed by atoms with Crippen LogP contribution in [0, 0.1) is 5.82 Å². The number of aromatic amines is 1. The number of halogens is 1. The van der Waals surface area contributed by atoms with Gasteiger partial charge in [0, 0.05) is 6.07 Å². The number of hydrogen-bond donors (Lipinski definition) is 3. The molecule has 1 aromatic carbocycles. The van der Waals surface area contributed by atoms with Crippen LogP contribution >= 0.6 is 0 Å². The summed E-state index contributed by atoms with van der Waals surface area (Å²) in [7, 11) is 0. The van der Waals surface area contributed by atoms with E-state index in [-0.39, 0.29) is 22.9 Å². The van der Waals surface area contributed by atoms with E-state index in [1.165, 1.54) is 6.20 Å². The normalized spacial score (nSPS) is 13.6. The first-order valence-corrected chi connectivity index (χ1v) is 5.28. The van der Waals surface area contributed by atoms with Crippen molar-refractivity contribution in [1.82, 2.24) is 10.2 Å². The predicted octanol–water partition coefficient (Wildman–Crippen LogP) is 1.27. The summed E-state index contributed by atoms with van der Waals surface area (Å²) in [6.07, 6.45) is 1.39. The molecule has 2 aromatic rings. The summed E-state index contributed by atoms with van der Waals surface area (Å²) in [5, 5.41) is 16.1. The third-order valence-corrected chi connectivity index (χ3v) is 2.70. The average molecular weight is 251 g/mol. The lowest BCUT2D eigenvalue weighted by atomic mass is 10.0. The predicted molar refractivity (Wildman–Crippen MR) is 61.0 cm³/mol. The Morgan fingerprint density at radius 1 is 1.39 bits per heavy atom. The highest BCUT2D eigenvalue weighted by molar-refractivity contribution is 5.85. The van der Waals surface area contributed by atoms with Crippen molar-refractivity contribution in [3.63, 3.8) is 0 Å². The lowest BCUT2D eigenvalue weighted by Crippen LogP contribution is -2.16. The SMILES string of the molecule is Nc1[nH]ncc1-c1c(O)c(F)cc2c1OCCO2. The topological polar surface area (TPSA) is 93.4 Å². The molecule has 94 valence electrons. The van der Waals surface area contributed by atoms with Gasteiger partial charge in [-0.05, 0) is 0 Å². The molecule has 0 bridgehead atoms. The van der Waals surface area contributed by atoms with Gasteiger partial charge in [-0.3, -0.25) is 5.10 Å². The first-order chi connectivity index (χ1) is 8.68. The van der Waals surface area contributed by atoms with E-state index in [9.17, 15) is 9.50 Å². The first-order valence-electron chi connectivity index (χ1n) is 5.28. The van der Waals surface area contributed by atoms with E-state index in [0.29, 0.717) is 18.8 Å². The van der Waals surface area contributed by atoms with Crippen LogP contribution in [-0.2, 0) is 0 Å². The van der Waals surface area contributed by atoms with Gasteiger partial charge in [0.05, 0.1) is 17.3 Å². The number of fused-ring (bicyclic) bond motifs is 1. The number of H-pyrrole nitrogens is 1. The molecular weight excluding hydrogens is 241 g/mol. The van der Waals surface area contributed by atoms with Crippen molar-refractivity contribution in [2.45, 2.75) is 0 Å². The molecule has 0 spiro atoms. The van der Waals surface area contributed by atoms with Crippen LogP contribution < -0.4 is 15.2 Å². The van der Waals surface area contributed by atoms with E-state index in [1.54, 1.807) is 0 Å². The van der Waals surface area contributed by atoms with Gasteiger partial charge in [-0.1, -0.05) is 0 Å². The molecule has 0 aliphatic carbocycles. The van der Waals surface area contributed by atoms with E-state index >= 15 is 0 Å². The number of rotatable bonds is 1. The van der Waals surface area contributed by atoms with Crippen LogP contribution in [0.1, 0.15) is 0 Å². The number of anilines is 1. The van der Waals surface area contributed by atoms with Gasteiger partial charge in [0.25, 0.3) is 0 Å². The second-order valence-electron chi connectivity index (χ2n) is 3.80. The highest BCUT2D eigenvalue weighted by Gasteiger charge is 2.26. The zero-order valence-corrected chi connectivity index (χ0v) is 9.24. The van der Waals surface area contributed by atoms with Gasteiger partial charge in [0.15, 0.2) is 23.1 Å². The van der Waals surface area contributed by atoms with Crippen molar-refractivity contribution in [3.8, 4) is 28.4 Å². The van der Waals surface area contributed by atoms with Crippen molar-refractivity contribution in [2.24, 2.45) is 0 Å². The summed E-state index contributed by atoms with van der Waals surface area (Å²) in [5.41, 5.74) is 6.19. The number of nitrogen functional groups attached to an aromatic ring is 1. The van der Waals surface area contributed by atoms with Gasteiger partial charge < -0.3 is 20.3 Å². The van der Waals surface area contributed by atoms with E-state index < -0.39 is 11.6 Å². The number of benzene rings is 1. The maximum atomic E-state index is 13.6. The number of ether oxygens (including phenoxy) is 2. The second-order valence-corrected chi connectivity index (χ2v) is 3.80. The molecule has 1 aliphatic heterocycles. The second kappa shape index (κ2) is 3.80. The molecule has 0 fully saturated rings. The van der Waals surface area contributed by atoms with Crippen LogP contribution in [-0.4, -0.2) is 28.5 Å². The molecule has 3 rings (SSSR count). The minimum Gasteiger partial charge on any atom is -0.504 e. The Bertz CT molecular complexity index is 612.